The number of halogens is 3. The van der Waals surface area contributed by atoms with E-state index in [4.69, 9.17) is 5.11 Å². The van der Waals surface area contributed by atoms with E-state index in [0.29, 0.717) is 12.8 Å². The topological polar surface area (TPSA) is 95.5 Å². The Labute approximate surface area is 119 Å². The zero-order chi connectivity index (χ0) is 16.1. The zero-order valence-corrected chi connectivity index (χ0v) is 11.3. The van der Waals surface area contributed by atoms with E-state index in [1.807, 2.05) is 0 Å². The average molecular weight is 310 g/mol. The van der Waals surface area contributed by atoms with Crippen molar-refractivity contribution in [2.24, 2.45) is 5.41 Å². The van der Waals surface area contributed by atoms with Crippen LogP contribution in [0.1, 0.15) is 38.5 Å². The second-order valence-electron chi connectivity index (χ2n) is 5.30. The highest BCUT2D eigenvalue weighted by molar-refractivity contribution is 5.94. The molecule has 1 aliphatic rings. The molecule has 0 bridgehead atoms. The Morgan fingerprint density at radius 1 is 1.10 bits per heavy atom. The molecule has 9 heteroatoms. The number of carboxylic acids is 1. The fourth-order valence-electron chi connectivity index (χ4n) is 2.60. The minimum Gasteiger partial charge on any atom is -0.481 e. The van der Waals surface area contributed by atoms with E-state index < -0.39 is 36.0 Å². The lowest BCUT2D eigenvalue weighted by Gasteiger charge is -2.26. The zero-order valence-electron chi connectivity index (χ0n) is 11.3. The summed E-state index contributed by atoms with van der Waals surface area (Å²) >= 11 is 0. The molecule has 21 heavy (non-hydrogen) atoms. The van der Waals surface area contributed by atoms with Crippen molar-refractivity contribution in [2.45, 2.75) is 44.7 Å². The molecule has 120 valence electrons. The van der Waals surface area contributed by atoms with Crippen LogP contribution in [0.25, 0.3) is 0 Å². The third-order valence-electron chi connectivity index (χ3n) is 3.43. The Bertz CT molecular complexity index is 417. The Hall–Kier alpha value is -1.80. The van der Waals surface area contributed by atoms with Crippen LogP contribution in [0.3, 0.4) is 0 Å². The van der Waals surface area contributed by atoms with Gasteiger partial charge in [-0.25, -0.2) is 4.79 Å². The second kappa shape index (κ2) is 6.77. The van der Waals surface area contributed by atoms with Gasteiger partial charge < -0.3 is 10.4 Å². The van der Waals surface area contributed by atoms with Gasteiger partial charge >= 0.3 is 18.2 Å². The lowest BCUT2D eigenvalue weighted by molar-refractivity contribution is -0.140. The number of hydrogen-bond acceptors (Lipinski definition) is 3. The normalized spacial score (nSPS) is 17.3. The summed E-state index contributed by atoms with van der Waals surface area (Å²) in [6.07, 6.45) is -2.24. The van der Waals surface area contributed by atoms with Gasteiger partial charge in [0.2, 0.25) is 5.91 Å². The fraction of sp³-hybridized carbons (Fsp3) is 0.750. The quantitative estimate of drug-likeness (QED) is 0.721. The fourth-order valence-corrected chi connectivity index (χ4v) is 2.60. The maximum Gasteiger partial charge on any atom is 0.405 e. The number of aliphatic carboxylic acids is 1. The standard InChI is InChI=1S/C12H17F3N2O4/c13-12(14,15)7-16-10(21)17-8(18)5-11(6-9(19)20)3-1-2-4-11/h1-7H2,(H,19,20)(H2,16,17,18,21). The van der Waals surface area contributed by atoms with Crippen LogP contribution in [-0.2, 0) is 9.59 Å². The summed E-state index contributed by atoms with van der Waals surface area (Å²) in [6.45, 7) is -1.54. The summed E-state index contributed by atoms with van der Waals surface area (Å²) in [5.74, 6) is -1.80. The summed E-state index contributed by atoms with van der Waals surface area (Å²) in [7, 11) is 0. The SMILES string of the molecule is O=C(O)CC1(CC(=O)NC(=O)NCC(F)(F)F)CCCC1. The third kappa shape index (κ3) is 6.46. The summed E-state index contributed by atoms with van der Waals surface area (Å²) in [4.78, 5) is 33.7. The van der Waals surface area contributed by atoms with Gasteiger partial charge in [-0.3, -0.25) is 14.9 Å². The number of amides is 3. The predicted molar refractivity (Wildman–Crippen MR) is 65.4 cm³/mol. The van der Waals surface area contributed by atoms with Crippen molar-refractivity contribution < 1.29 is 32.7 Å². The second-order valence-corrected chi connectivity index (χ2v) is 5.30. The maximum atomic E-state index is 11.9. The van der Waals surface area contributed by atoms with Gasteiger partial charge in [0.05, 0.1) is 6.42 Å². The highest BCUT2D eigenvalue weighted by Crippen LogP contribution is 2.43. The summed E-state index contributed by atoms with van der Waals surface area (Å²) < 4.78 is 35.7. The van der Waals surface area contributed by atoms with Crippen molar-refractivity contribution in [1.29, 1.82) is 0 Å². The van der Waals surface area contributed by atoms with Gasteiger partial charge in [-0.15, -0.1) is 0 Å². The Balaban J connectivity index is 2.47. The van der Waals surface area contributed by atoms with Gasteiger partial charge in [0.1, 0.15) is 6.54 Å². The first-order valence-corrected chi connectivity index (χ1v) is 6.48. The molecule has 1 rings (SSSR count). The first-order valence-electron chi connectivity index (χ1n) is 6.48. The lowest BCUT2D eigenvalue weighted by Crippen LogP contribution is -2.44. The summed E-state index contributed by atoms with van der Waals surface area (Å²) in [6, 6.07) is -1.24. The van der Waals surface area contributed by atoms with E-state index in [2.05, 4.69) is 0 Å². The molecule has 0 atom stereocenters. The number of alkyl halides is 3. The van der Waals surface area contributed by atoms with Crippen LogP contribution in [0.15, 0.2) is 0 Å². The van der Waals surface area contributed by atoms with Gasteiger partial charge in [-0.05, 0) is 18.3 Å². The molecule has 0 aromatic heterocycles. The minimum absolute atomic E-state index is 0.182. The Morgan fingerprint density at radius 2 is 1.67 bits per heavy atom. The Morgan fingerprint density at radius 3 is 2.14 bits per heavy atom. The van der Waals surface area contributed by atoms with E-state index in [0.717, 1.165) is 12.8 Å². The number of carboxylic acid groups (broad SMARTS) is 1. The van der Waals surface area contributed by atoms with Crippen LogP contribution in [0.5, 0.6) is 0 Å². The third-order valence-corrected chi connectivity index (χ3v) is 3.43. The number of urea groups is 1. The number of nitrogens with one attached hydrogen (secondary N) is 2. The summed E-state index contributed by atoms with van der Waals surface area (Å²) in [5.41, 5.74) is -0.708. The van der Waals surface area contributed by atoms with E-state index in [-0.39, 0.29) is 12.8 Å². The molecular weight excluding hydrogens is 293 g/mol. The molecule has 1 aliphatic carbocycles. The smallest absolute Gasteiger partial charge is 0.405 e. The molecule has 0 unspecified atom stereocenters. The van der Waals surface area contributed by atoms with Crippen molar-refractivity contribution in [3.8, 4) is 0 Å². The van der Waals surface area contributed by atoms with Gasteiger partial charge in [0, 0.05) is 6.42 Å². The number of carbonyl (C=O) groups is 3. The van der Waals surface area contributed by atoms with Crippen LogP contribution < -0.4 is 10.6 Å². The largest absolute Gasteiger partial charge is 0.481 e. The lowest BCUT2D eigenvalue weighted by atomic mass is 9.79. The van der Waals surface area contributed by atoms with Crippen molar-refractivity contribution in [1.82, 2.24) is 10.6 Å². The van der Waals surface area contributed by atoms with Crippen molar-refractivity contribution >= 4 is 17.9 Å². The van der Waals surface area contributed by atoms with Gasteiger partial charge in [0.25, 0.3) is 0 Å². The molecular formula is C12H17F3N2O4. The number of hydrogen-bond donors (Lipinski definition) is 3. The van der Waals surface area contributed by atoms with E-state index in [1.165, 1.54) is 5.32 Å². The molecule has 0 heterocycles. The molecule has 6 nitrogen and oxygen atoms in total. The molecule has 3 amide bonds. The maximum absolute atomic E-state index is 11.9. The number of imide groups is 1. The van der Waals surface area contributed by atoms with Crippen LogP contribution in [0.4, 0.5) is 18.0 Å². The monoisotopic (exact) mass is 310 g/mol. The van der Waals surface area contributed by atoms with Crippen LogP contribution >= 0.6 is 0 Å². The predicted octanol–water partition coefficient (Wildman–Crippen LogP) is 1.80. The highest BCUT2D eigenvalue weighted by Gasteiger charge is 2.38. The molecule has 3 N–H and O–H groups in total. The van der Waals surface area contributed by atoms with Crippen LogP contribution in [0, 0.1) is 5.41 Å². The van der Waals surface area contributed by atoms with Gasteiger partial charge in [0.15, 0.2) is 0 Å². The number of carbonyl (C=O) groups excluding carboxylic acids is 2. The van der Waals surface area contributed by atoms with Gasteiger partial charge in [-0.2, -0.15) is 13.2 Å². The number of rotatable bonds is 5. The first kappa shape index (κ1) is 17.3. The molecule has 0 aromatic rings. The summed E-state index contributed by atoms with van der Waals surface area (Å²) in [5, 5.41) is 12.2. The average Bonchev–Trinajstić information content (AvgIpc) is 2.72. The first-order chi connectivity index (χ1) is 9.62. The van der Waals surface area contributed by atoms with Crippen molar-refractivity contribution in [3.05, 3.63) is 0 Å². The van der Waals surface area contributed by atoms with Crippen LogP contribution in [-0.4, -0.2) is 35.7 Å². The minimum atomic E-state index is -4.56. The van der Waals surface area contributed by atoms with Gasteiger partial charge in [-0.1, -0.05) is 12.8 Å². The molecule has 0 spiro atoms. The molecule has 1 fully saturated rings. The van der Waals surface area contributed by atoms with E-state index in [1.54, 1.807) is 5.32 Å². The van der Waals surface area contributed by atoms with Crippen molar-refractivity contribution in [2.75, 3.05) is 6.54 Å². The van der Waals surface area contributed by atoms with E-state index in [9.17, 15) is 27.6 Å². The molecule has 1 saturated carbocycles. The van der Waals surface area contributed by atoms with Crippen LogP contribution in [0.2, 0.25) is 0 Å². The van der Waals surface area contributed by atoms with E-state index >= 15 is 0 Å². The highest BCUT2D eigenvalue weighted by atomic mass is 19.4. The molecule has 0 aliphatic heterocycles. The van der Waals surface area contributed by atoms with Crippen molar-refractivity contribution in [3.63, 3.8) is 0 Å². The molecule has 0 aromatic carbocycles. The molecule has 0 radical (unpaired) electrons. The Kier molecular flexibility index (Phi) is 5.56. The molecule has 0 saturated heterocycles.